The molecule has 8 nitrogen and oxygen atoms in total. The van der Waals surface area contributed by atoms with Crippen LogP contribution in [0.15, 0.2) is 41.7 Å². The third kappa shape index (κ3) is 3.81. The van der Waals surface area contributed by atoms with Crippen molar-refractivity contribution in [3.8, 4) is 5.75 Å². The molecule has 0 unspecified atom stereocenters. The molecule has 0 fully saturated rings. The number of methoxy groups -OCH3 is 1. The third-order valence-electron chi connectivity index (χ3n) is 6.05. The fraction of sp³-hybridized carbons (Fsp3) is 0.318. The summed E-state index contributed by atoms with van der Waals surface area (Å²) < 4.78 is 68.8. The van der Waals surface area contributed by atoms with Crippen LogP contribution in [0.25, 0.3) is 10.9 Å². The predicted octanol–water partition coefficient (Wildman–Crippen LogP) is 4.73. The zero-order valence-corrected chi connectivity index (χ0v) is 19.5. The Morgan fingerprint density at radius 3 is 2.53 bits per heavy atom. The summed E-state index contributed by atoms with van der Waals surface area (Å²) in [6, 6.07) is 5.22. The Labute approximate surface area is 195 Å². The number of amidine groups is 1. The first-order chi connectivity index (χ1) is 15.9. The molecule has 0 spiro atoms. The van der Waals surface area contributed by atoms with Crippen molar-refractivity contribution < 1.29 is 27.0 Å². The molecule has 12 heteroatoms. The predicted molar refractivity (Wildman–Crippen MR) is 127 cm³/mol. The standard InChI is InChI=1S/C22H24F3N5O3S/c1-21(2)20(26)30-22(10-23,11-34(21,31)32)15-6-12(4-5-16(15)24)29-19-18-14(17(25)9-28-19)7-13(33-3)8-27-18/h4-9,31-32H,10-11H2,1-3H3,(H2,26,30)(H,28,29)/t22-/m1/s1. The van der Waals surface area contributed by atoms with Crippen LogP contribution >= 0.6 is 10.6 Å². The zero-order chi connectivity index (χ0) is 24.9. The Morgan fingerprint density at radius 2 is 1.88 bits per heavy atom. The van der Waals surface area contributed by atoms with Gasteiger partial charge >= 0.3 is 0 Å². The molecule has 0 amide bonds. The van der Waals surface area contributed by atoms with Crippen molar-refractivity contribution in [2.24, 2.45) is 10.7 Å². The largest absolute Gasteiger partial charge is 0.495 e. The quantitative estimate of drug-likeness (QED) is 0.403. The van der Waals surface area contributed by atoms with Gasteiger partial charge in [0.25, 0.3) is 0 Å². The van der Waals surface area contributed by atoms with E-state index in [-0.39, 0.29) is 33.8 Å². The summed E-state index contributed by atoms with van der Waals surface area (Å²) in [6.07, 6.45) is 2.40. The van der Waals surface area contributed by atoms with Gasteiger partial charge in [-0.05, 0) is 38.1 Å². The van der Waals surface area contributed by atoms with Gasteiger partial charge in [-0.25, -0.2) is 23.1 Å². The summed E-state index contributed by atoms with van der Waals surface area (Å²) in [5, 5.41) is 3.09. The molecule has 1 aliphatic rings. The number of anilines is 2. The third-order valence-corrected chi connectivity index (χ3v) is 8.77. The van der Waals surface area contributed by atoms with E-state index in [4.69, 9.17) is 10.5 Å². The van der Waals surface area contributed by atoms with Gasteiger partial charge in [0.1, 0.15) is 39.9 Å². The number of hydrogen-bond acceptors (Lipinski definition) is 8. The molecule has 0 bridgehead atoms. The van der Waals surface area contributed by atoms with Crippen LogP contribution in [0.4, 0.5) is 24.7 Å². The first kappa shape index (κ1) is 24.0. The van der Waals surface area contributed by atoms with Gasteiger partial charge in [-0.1, -0.05) is 0 Å². The number of benzene rings is 1. The van der Waals surface area contributed by atoms with Crippen LogP contribution in [0.5, 0.6) is 5.75 Å². The summed E-state index contributed by atoms with van der Waals surface area (Å²) in [6.45, 7) is 1.77. The maximum absolute atomic E-state index is 14.9. The number of nitrogens with two attached hydrogens (primary N) is 1. The van der Waals surface area contributed by atoms with Crippen LogP contribution in [0.1, 0.15) is 19.4 Å². The maximum atomic E-state index is 14.9. The molecule has 1 atom stereocenters. The number of fused-ring (bicyclic) bond motifs is 1. The summed E-state index contributed by atoms with van der Waals surface area (Å²) >= 11 is 0. The van der Waals surface area contributed by atoms with Crippen LogP contribution in [0, 0.1) is 11.6 Å². The number of aliphatic imine (C=N–C) groups is 1. The van der Waals surface area contributed by atoms with Crippen LogP contribution in [-0.4, -0.2) is 49.2 Å². The van der Waals surface area contributed by atoms with Crippen molar-refractivity contribution in [2.45, 2.75) is 24.1 Å². The monoisotopic (exact) mass is 495 g/mol. The number of aromatic nitrogens is 2. The molecule has 3 heterocycles. The highest BCUT2D eigenvalue weighted by Gasteiger charge is 2.51. The fourth-order valence-corrected chi connectivity index (χ4v) is 5.43. The van der Waals surface area contributed by atoms with Crippen molar-refractivity contribution >= 4 is 38.8 Å². The maximum Gasteiger partial charge on any atom is 0.157 e. The molecule has 34 heavy (non-hydrogen) atoms. The van der Waals surface area contributed by atoms with Crippen molar-refractivity contribution in [3.63, 3.8) is 0 Å². The van der Waals surface area contributed by atoms with E-state index < -0.39 is 44.9 Å². The average molecular weight is 496 g/mol. The number of alkyl halides is 1. The Kier molecular flexibility index (Phi) is 5.86. The van der Waals surface area contributed by atoms with Crippen LogP contribution < -0.4 is 15.8 Å². The van der Waals surface area contributed by atoms with Crippen molar-refractivity contribution in [3.05, 3.63) is 53.9 Å². The summed E-state index contributed by atoms with van der Waals surface area (Å²) in [5.41, 5.74) is 4.31. The summed E-state index contributed by atoms with van der Waals surface area (Å²) in [7, 11) is -2.04. The lowest BCUT2D eigenvalue weighted by Crippen LogP contribution is -2.53. The molecule has 0 saturated heterocycles. The minimum absolute atomic E-state index is 0.153. The van der Waals surface area contributed by atoms with E-state index in [0.29, 0.717) is 5.75 Å². The SMILES string of the molecule is COc1cnc2c(Nc3ccc(F)c([C@@]4(CF)CS(O)(O)C(C)(C)C(N)=N4)c3)ncc(F)c2c1. The van der Waals surface area contributed by atoms with E-state index in [0.717, 1.165) is 12.3 Å². The van der Waals surface area contributed by atoms with Gasteiger partial charge in [0.2, 0.25) is 0 Å². The molecule has 182 valence electrons. The number of pyridine rings is 2. The highest BCUT2D eigenvalue weighted by molar-refractivity contribution is 8.26. The highest BCUT2D eigenvalue weighted by atomic mass is 32.3. The molecule has 5 N–H and O–H groups in total. The number of halogens is 3. The molecule has 3 aromatic rings. The van der Waals surface area contributed by atoms with Gasteiger partial charge < -0.3 is 15.8 Å². The second-order valence-electron chi connectivity index (χ2n) is 8.53. The van der Waals surface area contributed by atoms with E-state index in [1.165, 1.54) is 45.4 Å². The second kappa shape index (κ2) is 8.29. The van der Waals surface area contributed by atoms with Gasteiger partial charge in [-0.3, -0.25) is 14.1 Å². The summed E-state index contributed by atoms with van der Waals surface area (Å²) in [4.78, 5) is 12.4. The van der Waals surface area contributed by atoms with E-state index in [2.05, 4.69) is 20.3 Å². The molecule has 4 rings (SSSR count). The van der Waals surface area contributed by atoms with Crippen molar-refractivity contribution in [1.29, 1.82) is 0 Å². The van der Waals surface area contributed by atoms with Gasteiger partial charge in [-0.2, -0.15) is 10.6 Å². The highest BCUT2D eigenvalue weighted by Crippen LogP contribution is 2.59. The first-order valence-electron chi connectivity index (χ1n) is 10.2. The minimum atomic E-state index is -3.47. The second-order valence-corrected chi connectivity index (χ2v) is 11.2. The molecule has 2 aromatic heterocycles. The lowest BCUT2D eigenvalue weighted by atomic mass is 9.92. The first-order valence-corrected chi connectivity index (χ1v) is 11.9. The number of nitrogens with zero attached hydrogens (tertiary/aromatic N) is 3. The molecule has 0 radical (unpaired) electrons. The van der Waals surface area contributed by atoms with E-state index in [1.54, 1.807) is 0 Å². The van der Waals surface area contributed by atoms with Gasteiger partial charge in [0.05, 0.1) is 25.3 Å². The van der Waals surface area contributed by atoms with E-state index in [1.807, 2.05) is 0 Å². The fourth-order valence-electron chi connectivity index (χ4n) is 3.72. The Balaban J connectivity index is 1.80. The number of hydrogen-bond donors (Lipinski definition) is 4. The molecule has 0 saturated carbocycles. The molecule has 1 aliphatic heterocycles. The Morgan fingerprint density at radius 1 is 1.15 bits per heavy atom. The van der Waals surface area contributed by atoms with Crippen molar-refractivity contribution in [1.82, 2.24) is 9.97 Å². The summed E-state index contributed by atoms with van der Waals surface area (Å²) in [5.74, 6) is -1.60. The van der Waals surface area contributed by atoms with Gasteiger partial charge in [0, 0.05) is 16.6 Å². The lowest BCUT2D eigenvalue weighted by Gasteiger charge is -2.53. The van der Waals surface area contributed by atoms with Gasteiger partial charge in [0.15, 0.2) is 11.6 Å². The van der Waals surface area contributed by atoms with Crippen LogP contribution in [0.3, 0.4) is 0 Å². The topological polar surface area (TPSA) is 126 Å². The normalized spacial score (nSPS) is 22.2. The number of rotatable bonds is 5. The van der Waals surface area contributed by atoms with Crippen LogP contribution in [-0.2, 0) is 5.54 Å². The zero-order valence-electron chi connectivity index (χ0n) is 18.6. The molecular weight excluding hydrogens is 471 g/mol. The lowest BCUT2D eigenvalue weighted by molar-refractivity contribution is 0.312. The molecule has 0 aliphatic carbocycles. The minimum Gasteiger partial charge on any atom is -0.495 e. The van der Waals surface area contributed by atoms with Gasteiger partial charge in [-0.15, -0.1) is 0 Å². The van der Waals surface area contributed by atoms with Crippen molar-refractivity contribution in [2.75, 3.05) is 24.9 Å². The number of ether oxygens (including phenoxy) is 1. The van der Waals surface area contributed by atoms with E-state index >= 15 is 0 Å². The smallest absolute Gasteiger partial charge is 0.157 e. The van der Waals surface area contributed by atoms with Crippen LogP contribution in [0.2, 0.25) is 0 Å². The molecular formula is C22H24F3N5O3S. The Hall–Kier alpha value is -3.09. The molecule has 1 aromatic carbocycles. The Bertz CT molecular complexity index is 1300. The number of nitrogens with one attached hydrogen (secondary N) is 1. The van der Waals surface area contributed by atoms with E-state index in [9.17, 15) is 22.3 Å². The average Bonchev–Trinajstić information content (AvgIpc) is 2.80.